The van der Waals surface area contributed by atoms with E-state index < -0.39 is 0 Å². The van der Waals surface area contributed by atoms with Crippen LogP contribution in [0.15, 0.2) is 53.5 Å². The van der Waals surface area contributed by atoms with E-state index in [0.29, 0.717) is 18.7 Å². The van der Waals surface area contributed by atoms with E-state index in [1.54, 1.807) is 13.2 Å². The average Bonchev–Trinajstić information content (AvgIpc) is 2.63. The van der Waals surface area contributed by atoms with Crippen molar-refractivity contribution in [2.45, 2.75) is 19.9 Å². The summed E-state index contributed by atoms with van der Waals surface area (Å²) in [5.74, 6) is 1.55. The van der Waals surface area contributed by atoms with Crippen LogP contribution in [0.1, 0.15) is 18.1 Å². The van der Waals surface area contributed by atoms with Gasteiger partial charge in [-0.1, -0.05) is 42.5 Å². The zero-order chi connectivity index (χ0) is 18.1. The molecule has 0 saturated heterocycles. The van der Waals surface area contributed by atoms with E-state index in [1.165, 1.54) is 5.56 Å². The minimum absolute atomic E-state index is 0. The van der Waals surface area contributed by atoms with Crippen LogP contribution < -0.4 is 10.1 Å². The largest absolute Gasteiger partial charge is 0.504 e. The molecule has 0 aliphatic heterocycles. The molecule has 0 saturated carbocycles. The van der Waals surface area contributed by atoms with E-state index in [0.717, 1.165) is 24.6 Å². The maximum atomic E-state index is 10.2. The first-order valence-corrected chi connectivity index (χ1v) is 8.54. The van der Waals surface area contributed by atoms with E-state index in [9.17, 15) is 5.11 Å². The molecule has 0 atom stereocenters. The first-order valence-electron chi connectivity index (χ1n) is 8.54. The Kier molecular flexibility index (Phi) is 9.87. The Hall–Kier alpha value is -1.96. The highest BCUT2D eigenvalue weighted by atomic mass is 127. The van der Waals surface area contributed by atoms with Gasteiger partial charge in [0.2, 0.25) is 0 Å². The summed E-state index contributed by atoms with van der Waals surface area (Å²) >= 11 is 0. The van der Waals surface area contributed by atoms with Gasteiger partial charge < -0.3 is 20.1 Å². The molecule has 0 spiro atoms. The monoisotopic (exact) mass is 469 g/mol. The molecule has 6 heteroatoms. The number of hydrogen-bond acceptors (Lipinski definition) is 3. The highest BCUT2D eigenvalue weighted by molar-refractivity contribution is 14.0. The van der Waals surface area contributed by atoms with Gasteiger partial charge in [-0.3, -0.25) is 4.99 Å². The van der Waals surface area contributed by atoms with Gasteiger partial charge in [0.25, 0.3) is 0 Å². The Morgan fingerprint density at radius 1 is 1.15 bits per heavy atom. The zero-order valence-corrected chi connectivity index (χ0v) is 17.9. The second-order valence-electron chi connectivity index (χ2n) is 5.80. The Morgan fingerprint density at radius 3 is 2.54 bits per heavy atom. The van der Waals surface area contributed by atoms with Crippen molar-refractivity contribution in [3.8, 4) is 11.5 Å². The number of phenols is 1. The van der Waals surface area contributed by atoms with Gasteiger partial charge in [0.15, 0.2) is 17.5 Å². The van der Waals surface area contributed by atoms with E-state index >= 15 is 0 Å². The molecule has 142 valence electrons. The second kappa shape index (κ2) is 11.6. The number of halogens is 1. The maximum Gasteiger partial charge on any atom is 0.193 e. The van der Waals surface area contributed by atoms with Crippen LogP contribution in [0.4, 0.5) is 0 Å². The summed E-state index contributed by atoms with van der Waals surface area (Å²) in [6.45, 7) is 4.24. The summed E-state index contributed by atoms with van der Waals surface area (Å²) < 4.78 is 5.15. The van der Waals surface area contributed by atoms with Crippen molar-refractivity contribution in [1.82, 2.24) is 10.2 Å². The predicted octanol–water partition coefficient (Wildman–Crippen LogP) is 3.66. The van der Waals surface area contributed by atoms with Gasteiger partial charge in [0.05, 0.1) is 7.11 Å². The zero-order valence-electron chi connectivity index (χ0n) is 15.6. The molecule has 0 aliphatic rings. The Morgan fingerprint density at radius 2 is 1.88 bits per heavy atom. The number of aromatic hydroxyl groups is 1. The molecule has 0 aliphatic carbocycles. The third-order valence-electron chi connectivity index (χ3n) is 3.90. The summed E-state index contributed by atoms with van der Waals surface area (Å²) in [5.41, 5.74) is 2.07. The molecule has 2 aromatic carbocycles. The number of aliphatic imine (C=N–C) groups is 1. The molecule has 0 bridgehead atoms. The van der Waals surface area contributed by atoms with Gasteiger partial charge in [-0.05, 0) is 30.5 Å². The predicted molar refractivity (Wildman–Crippen MR) is 118 cm³/mol. The SMILES string of the molecule is CCNC(=NCCc1cccc(OC)c1O)N(C)Cc1ccccc1.I. The number of guanidine groups is 1. The summed E-state index contributed by atoms with van der Waals surface area (Å²) in [4.78, 5) is 6.78. The summed E-state index contributed by atoms with van der Waals surface area (Å²) in [7, 11) is 3.58. The maximum absolute atomic E-state index is 10.2. The lowest BCUT2D eigenvalue weighted by atomic mass is 10.1. The lowest BCUT2D eigenvalue weighted by Crippen LogP contribution is -2.38. The molecule has 0 radical (unpaired) electrons. The van der Waals surface area contributed by atoms with E-state index in [1.807, 2.05) is 37.4 Å². The number of nitrogens with zero attached hydrogens (tertiary/aromatic N) is 2. The lowest BCUT2D eigenvalue weighted by molar-refractivity contribution is 0.370. The van der Waals surface area contributed by atoms with Crippen molar-refractivity contribution >= 4 is 29.9 Å². The third kappa shape index (κ3) is 6.40. The number of methoxy groups -OCH3 is 1. The number of hydrogen-bond donors (Lipinski definition) is 2. The number of nitrogens with one attached hydrogen (secondary N) is 1. The molecular weight excluding hydrogens is 441 g/mol. The van der Waals surface area contributed by atoms with Gasteiger partial charge >= 0.3 is 0 Å². The van der Waals surface area contributed by atoms with E-state index in [-0.39, 0.29) is 29.7 Å². The fourth-order valence-electron chi connectivity index (χ4n) is 2.62. The van der Waals surface area contributed by atoms with Gasteiger partial charge in [-0.25, -0.2) is 0 Å². The van der Waals surface area contributed by atoms with E-state index in [2.05, 4.69) is 34.3 Å². The van der Waals surface area contributed by atoms with Crippen LogP contribution in [0.5, 0.6) is 11.5 Å². The van der Waals surface area contributed by atoms with Crippen molar-refractivity contribution in [2.75, 3.05) is 27.2 Å². The number of para-hydroxylation sites is 1. The number of benzene rings is 2. The average molecular weight is 469 g/mol. The standard InChI is InChI=1S/C20H27N3O2.HI/c1-4-21-20(23(2)15-16-9-6-5-7-10-16)22-14-13-17-11-8-12-18(25-3)19(17)24;/h5-12,24H,4,13-15H2,1-3H3,(H,21,22);1H. The van der Waals surface area contributed by atoms with Gasteiger partial charge in [0.1, 0.15) is 0 Å². The van der Waals surface area contributed by atoms with Crippen molar-refractivity contribution in [2.24, 2.45) is 4.99 Å². The highest BCUT2D eigenvalue weighted by Crippen LogP contribution is 2.29. The van der Waals surface area contributed by atoms with Crippen molar-refractivity contribution < 1.29 is 9.84 Å². The molecular formula is C20H28IN3O2. The quantitative estimate of drug-likeness (QED) is 0.369. The van der Waals surface area contributed by atoms with Crippen molar-refractivity contribution in [1.29, 1.82) is 0 Å². The fraction of sp³-hybridized carbons (Fsp3) is 0.350. The summed E-state index contributed by atoms with van der Waals surface area (Å²) in [5, 5.41) is 13.5. The van der Waals surface area contributed by atoms with Crippen LogP contribution in [-0.4, -0.2) is 43.2 Å². The molecule has 26 heavy (non-hydrogen) atoms. The summed E-state index contributed by atoms with van der Waals surface area (Å²) in [6.07, 6.45) is 0.650. The van der Waals surface area contributed by atoms with Crippen LogP contribution in [0, 0.1) is 0 Å². The second-order valence-corrected chi connectivity index (χ2v) is 5.80. The van der Waals surface area contributed by atoms with Crippen molar-refractivity contribution in [3.05, 3.63) is 59.7 Å². The Labute approximate surface area is 173 Å². The molecule has 0 aromatic heterocycles. The minimum atomic E-state index is 0. The molecule has 2 aromatic rings. The first-order chi connectivity index (χ1) is 12.2. The smallest absolute Gasteiger partial charge is 0.193 e. The van der Waals surface area contributed by atoms with Crippen molar-refractivity contribution in [3.63, 3.8) is 0 Å². The Bertz CT molecular complexity index is 693. The van der Waals surface area contributed by atoms with Crippen LogP contribution in [-0.2, 0) is 13.0 Å². The first kappa shape index (κ1) is 22.1. The van der Waals surface area contributed by atoms with Crippen LogP contribution in [0.2, 0.25) is 0 Å². The number of ether oxygens (including phenoxy) is 1. The normalized spacial score (nSPS) is 10.8. The molecule has 0 amide bonds. The fourth-order valence-corrected chi connectivity index (χ4v) is 2.62. The highest BCUT2D eigenvalue weighted by Gasteiger charge is 2.09. The van der Waals surface area contributed by atoms with Gasteiger partial charge in [0, 0.05) is 26.7 Å². The molecule has 2 rings (SSSR count). The van der Waals surface area contributed by atoms with Crippen LogP contribution in [0.25, 0.3) is 0 Å². The lowest BCUT2D eigenvalue weighted by Gasteiger charge is -2.22. The minimum Gasteiger partial charge on any atom is -0.504 e. The number of phenolic OH excluding ortho intramolecular Hbond substituents is 1. The van der Waals surface area contributed by atoms with Crippen LogP contribution >= 0.6 is 24.0 Å². The van der Waals surface area contributed by atoms with Gasteiger partial charge in [-0.15, -0.1) is 24.0 Å². The summed E-state index contributed by atoms with van der Waals surface area (Å²) in [6, 6.07) is 15.8. The number of rotatable bonds is 7. The molecule has 0 fully saturated rings. The van der Waals surface area contributed by atoms with Crippen LogP contribution in [0.3, 0.4) is 0 Å². The van der Waals surface area contributed by atoms with Gasteiger partial charge in [-0.2, -0.15) is 0 Å². The Balaban J connectivity index is 0.00000338. The molecule has 5 nitrogen and oxygen atoms in total. The third-order valence-corrected chi connectivity index (χ3v) is 3.90. The topological polar surface area (TPSA) is 57.1 Å². The van der Waals surface area contributed by atoms with E-state index in [4.69, 9.17) is 4.74 Å². The molecule has 0 heterocycles. The molecule has 2 N–H and O–H groups in total. The molecule has 0 unspecified atom stereocenters.